The molecule has 1 aromatic carbocycles. The van der Waals surface area contributed by atoms with Gasteiger partial charge in [-0.15, -0.1) is 0 Å². The second-order valence-electron chi connectivity index (χ2n) is 3.45. The van der Waals surface area contributed by atoms with Crippen LogP contribution >= 0.6 is 58.0 Å². The lowest BCUT2D eigenvalue weighted by Gasteiger charge is -2.15. The molecule has 0 aliphatic rings. The summed E-state index contributed by atoms with van der Waals surface area (Å²) < 4.78 is 5.24. The third kappa shape index (κ3) is 3.28. The minimum Gasteiger partial charge on any atom is -0.489 e. The van der Waals surface area contributed by atoms with E-state index in [2.05, 4.69) is 0 Å². The van der Waals surface area contributed by atoms with E-state index < -0.39 is 11.9 Å². The zero-order chi connectivity index (χ0) is 14.0. The molecule has 0 saturated heterocycles. The molecule has 0 aromatic heterocycles. The highest BCUT2D eigenvalue weighted by molar-refractivity contribution is 6.55. The van der Waals surface area contributed by atoms with Gasteiger partial charge in [0.05, 0.1) is 21.0 Å². The highest BCUT2D eigenvalue weighted by Gasteiger charge is 2.22. The molecule has 0 bridgehead atoms. The van der Waals surface area contributed by atoms with Gasteiger partial charge in [0.15, 0.2) is 5.75 Å². The van der Waals surface area contributed by atoms with Crippen LogP contribution in [0.3, 0.4) is 0 Å². The summed E-state index contributed by atoms with van der Waals surface area (Å²) in [5.41, 5.74) is 0. The summed E-state index contributed by atoms with van der Waals surface area (Å²) in [5.74, 6) is -1.72. The second kappa shape index (κ2) is 6.40. The largest absolute Gasteiger partial charge is 0.489 e. The third-order valence-corrected chi connectivity index (χ3v) is 4.31. The van der Waals surface area contributed by atoms with Gasteiger partial charge in [0, 0.05) is 0 Å². The van der Waals surface area contributed by atoms with Crippen molar-refractivity contribution in [1.82, 2.24) is 0 Å². The standard InChI is InChI=1S/C10H7Cl5O3/c1-3(10(16)17)2-18-9-7(14)5(12)4(11)6(13)8(9)15/h3H,2H2,1H3,(H,16,17). The average Bonchev–Trinajstić information content (AvgIpc) is 2.33. The molecule has 1 N–H and O–H groups in total. The summed E-state index contributed by atoms with van der Waals surface area (Å²) in [4.78, 5) is 10.7. The van der Waals surface area contributed by atoms with Gasteiger partial charge in [-0.2, -0.15) is 0 Å². The number of benzene rings is 1. The maximum Gasteiger partial charge on any atom is 0.309 e. The zero-order valence-corrected chi connectivity index (χ0v) is 12.7. The summed E-state index contributed by atoms with van der Waals surface area (Å²) in [6.45, 7) is 1.35. The number of carboxylic acid groups (broad SMARTS) is 1. The normalized spacial score (nSPS) is 12.3. The van der Waals surface area contributed by atoms with Gasteiger partial charge in [0.25, 0.3) is 0 Å². The van der Waals surface area contributed by atoms with E-state index in [0.29, 0.717) is 0 Å². The van der Waals surface area contributed by atoms with Gasteiger partial charge in [-0.1, -0.05) is 58.0 Å². The molecule has 0 fully saturated rings. The average molecular weight is 352 g/mol. The number of ether oxygens (including phenoxy) is 1. The molecule has 100 valence electrons. The van der Waals surface area contributed by atoms with Crippen LogP contribution in [0.5, 0.6) is 5.75 Å². The van der Waals surface area contributed by atoms with Gasteiger partial charge in [-0.25, -0.2) is 0 Å². The smallest absolute Gasteiger partial charge is 0.309 e. The Morgan fingerprint density at radius 3 is 1.83 bits per heavy atom. The van der Waals surface area contributed by atoms with Crippen LogP contribution in [0.25, 0.3) is 0 Å². The van der Waals surface area contributed by atoms with Crippen LogP contribution in [0.15, 0.2) is 0 Å². The fourth-order valence-electron chi connectivity index (χ4n) is 0.991. The lowest BCUT2D eigenvalue weighted by atomic mass is 10.2. The first-order valence-corrected chi connectivity index (χ1v) is 6.53. The van der Waals surface area contributed by atoms with Crippen LogP contribution in [0.4, 0.5) is 0 Å². The molecule has 0 amide bonds. The van der Waals surface area contributed by atoms with E-state index in [4.69, 9.17) is 67.8 Å². The van der Waals surface area contributed by atoms with Crippen LogP contribution in [0.2, 0.25) is 25.1 Å². The SMILES string of the molecule is CC(COc1c(Cl)c(Cl)c(Cl)c(Cl)c1Cl)C(=O)O. The van der Waals surface area contributed by atoms with Crippen molar-refractivity contribution in [2.45, 2.75) is 6.92 Å². The van der Waals surface area contributed by atoms with Crippen LogP contribution in [-0.4, -0.2) is 17.7 Å². The van der Waals surface area contributed by atoms with Crippen LogP contribution in [0, 0.1) is 5.92 Å². The molecule has 0 saturated carbocycles. The molecule has 18 heavy (non-hydrogen) atoms. The number of carbonyl (C=O) groups is 1. The van der Waals surface area contributed by atoms with Crippen LogP contribution in [-0.2, 0) is 4.79 Å². The van der Waals surface area contributed by atoms with E-state index in [9.17, 15) is 4.79 Å². The van der Waals surface area contributed by atoms with Crippen molar-refractivity contribution in [2.75, 3.05) is 6.61 Å². The predicted octanol–water partition coefficient (Wildman–Crippen LogP) is 5.05. The molecule has 1 rings (SSSR count). The van der Waals surface area contributed by atoms with E-state index in [1.54, 1.807) is 0 Å². The Kier molecular flexibility index (Phi) is 5.68. The maximum absolute atomic E-state index is 10.7. The molecule has 8 heteroatoms. The topological polar surface area (TPSA) is 46.5 Å². The quantitative estimate of drug-likeness (QED) is 0.609. The van der Waals surface area contributed by atoms with Crippen molar-refractivity contribution in [2.24, 2.45) is 5.92 Å². The van der Waals surface area contributed by atoms with Crippen molar-refractivity contribution < 1.29 is 14.6 Å². The molecule has 3 nitrogen and oxygen atoms in total. The lowest BCUT2D eigenvalue weighted by Crippen LogP contribution is -2.18. The zero-order valence-electron chi connectivity index (χ0n) is 8.94. The van der Waals surface area contributed by atoms with Crippen molar-refractivity contribution in [3.8, 4) is 5.75 Å². The molecule has 0 heterocycles. The van der Waals surface area contributed by atoms with E-state index in [-0.39, 0.29) is 37.5 Å². The van der Waals surface area contributed by atoms with E-state index in [1.165, 1.54) is 6.92 Å². The van der Waals surface area contributed by atoms with Crippen molar-refractivity contribution in [1.29, 1.82) is 0 Å². The third-order valence-electron chi connectivity index (χ3n) is 2.07. The minimum absolute atomic E-state index is 0.00529. The molecule has 1 atom stereocenters. The van der Waals surface area contributed by atoms with Gasteiger partial charge in [-0.05, 0) is 6.92 Å². The molecular weight excluding hydrogens is 345 g/mol. The van der Waals surface area contributed by atoms with E-state index >= 15 is 0 Å². The Morgan fingerprint density at radius 2 is 1.44 bits per heavy atom. The lowest BCUT2D eigenvalue weighted by molar-refractivity contribution is -0.142. The van der Waals surface area contributed by atoms with Crippen molar-refractivity contribution >= 4 is 64.0 Å². The van der Waals surface area contributed by atoms with Crippen LogP contribution in [0.1, 0.15) is 6.92 Å². The molecule has 0 aliphatic heterocycles. The summed E-state index contributed by atoms with van der Waals surface area (Å²) in [6, 6.07) is 0. The fraction of sp³-hybridized carbons (Fsp3) is 0.300. The summed E-state index contributed by atoms with van der Waals surface area (Å²) in [6.07, 6.45) is 0. The first kappa shape index (κ1) is 16.0. The van der Waals surface area contributed by atoms with E-state index in [1.807, 2.05) is 0 Å². The number of carboxylic acids is 1. The fourth-order valence-corrected chi connectivity index (χ4v) is 2.22. The first-order chi connectivity index (χ1) is 8.27. The molecule has 0 radical (unpaired) electrons. The Balaban J connectivity index is 3.07. The van der Waals surface area contributed by atoms with Gasteiger partial charge >= 0.3 is 5.97 Å². The molecule has 0 spiro atoms. The second-order valence-corrected chi connectivity index (χ2v) is 5.34. The number of hydrogen-bond donors (Lipinski definition) is 1. The highest BCUT2D eigenvalue weighted by Crippen LogP contribution is 2.48. The monoisotopic (exact) mass is 350 g/mol. The molecule has 1 unspecified atom stereocenters. The van der Waals surface area contributed by atoms with Gasteiger partial charge < -0.3 is 9.84 Å². The number of aliphatic carboxylic acids is 1. The summed E-state index contributed by atoms with van der Waals surface area (Å²) in [7, 11) is 0. The molecule has 0 aliphatic carbocycles. The Morgan fingerprint density at radius 1 is 1.06 bits per heavy atom. The Labute approximate surface area is 128 Å². The maximum atomic E-state index is 10.7. The van der Waals surface area contributed by atoms with Gasteiger partial charge in [0.2, 0.25) is 0 Å². The highest BCUT2D eigenvalue weighted by atomic mass is 35.5. The van der Waals surface area contributed by atoms with E-state index in [0.717, 1.165) is 0 Å². The predicted molar refractivity (Wildman–Crippen MR) is 73.8 cm³/mol. The number of hydrogen-bond acceptors (Lipinski definition) is 2. The molecule has 1 aromatic rings. The first-order valence-electron chi connectivity index (χ1n) is 4.64. The number of halogens is 5. The Hall–Kier alpha value is -0.0600. The van der Waals surface area contributed by atoms with Gasteiger partial charge in [0.1, 0.15) is 16.7 Å². The number of rotatable bonds is 4. The molecular formula is C10H7Cl5O3. The summed E-state index contributed by atoms with van der Waals surface area (Å²) in [5, 5.41) is 8.75. The van der Waals surface area contributed by atoms with Gasteiger partial charge in [-0.3, -0.25) is 4.79 Å². The minimum atomic E-state index is -1.01. The van der Waals surface area contributed by atoms with Crippen molar-refractivity contribution in [3.05, 3.63) is 25.1 Å². The van der Waals surface area contributed by atoms with Crippen molar-refractivity contribution in [3.63, 3.8) is 0 Å². The van der Waals surface area contributed by atoms with Crippen LogP contribution < -0.4 is 4.74 Å². The Bertz CT molecular complexity index is 460. The summed E-state index contributed by atoms with van der Waals surface area (Å²) >= 11 is 29.3.